The highest BCUT2D eigenvalue weighted by Gasteiger charge is 2.14. The summed E-state index contributed by atoms with van der Waals surface area (Å²) in [6, 6.07) is 2.51. The predicted molar refractivity (Wildman–Crippen MR) is 66.1 cm³/mol. The first-order valence-electron chi connectivity index (χ1n) is 5.38. The van der Waals surface area contributed by atoms with Crippen molar-refractivity contribution in [1.29, 1.82) is 0 Å². The summed E-state index contributed by atoms with van der Waals surface area (Å²) in [7, 11) is 2.07. The Labute approximate surface area is 92.3 Å². The smallest absolute Gasteiger partial charge is 0.128 e. The zero-order valence-corrected chi connectivity index (χ0v) is 10.3. The van der Waals surface area contributed by atoms with Crippen molar-refractivity contribution in [2.45, 2.75) is 33.7 Å². The largest absolute Gasteiger partial charge is 0.397 e. The molecule has 3 nitrogen and oxygen atoms in total. The molecule has 15 heavy (non-hydrogen) atoms. The molecule has 2 N–H and O–H groups in total. The fourth-order valence-corrected chi connectivity index (χ4v) is 1.40. The number of anilines is 2. The van der Waals surface area contributed by atoms with Crippen LogP contribution in [0.3, 0.4) is 0 Å². The lowest BCUT2D eigenvalue weighted by Crippen LogP contribution is -2.33. The van der Waals surface area contributed by atoms with Gasteiger partial charge in [-0.2, -0.15) is 0 Å². The first kappa shape index (κ1) is 11.8. The Balaban J connectivity index is 2.91. The minimum Gasteiger partial charge on any atom is -0.397 e. The first-order chi connectivity index (χ1) is 6.93. The van der Waals surface area contributed by atoms with Crippen LogP contribution >= 0.6 is 0 Å². The van der Waals surface area contributed by atoms with Gasteiger partial charge in [-0.05, 0) is 31.4 Å². The number of hydrogen-bond acceptors (Lipinski definition) is 3. The van der Waals surface area contributed by atoms with E-state index in [1.807, 2.05) is 13.0 Å². The summed E-state index contributed by atoms with van der Waals surface area (Å²) in [6.07, 6.45) is 1.73. The molecular formula is C12H21N3. The molecule has 1 unspecified atom stereocenters. The number of nitrogen functional groups attached to an aromatic ring is 1. The van der Waals surface area contributed by atoms with Crippen molar-refractivity contribution in [1.82, 2.24) is 4.98 Å². The molecule has 0 bridgehead atoms. The topological polar surface area (TPSA) is 42.2 Å². The van der Waals surface area contributed by atoms with Gasteiger partial charge in [-0.3, -0.25) is 0 Å². The number of nitrogens with zero attached hydrogens (tertiary/aromatic N) is 2. The summed E-state index contributed by atoms with van der Waals surface area (Å²) >= 11 is 0. The quantitative estimate of drug-likeness (QED) is 0.827. The number of hydrogen-bond donors (Lipinski definition) is 1. The van der Waals surface area contributed by atoms with Crippen molar-refractivity contribution in [3.8, 4) is 0 Å². The highest BCUT2D eigenvalue weighted by atomic mass is 15.2. The molecule has 0 fully saturated rings. The van der Waals surface area contributed by atoms with Crippen molar-refractivity contribution in [2.75, 3.05) is 17.7 Å². The standard InChI is InChI=1S/C12H21N3/c1-8(2)10(4)15(5)12-6-9(3)11(13)7-14-12/h6-8,10H,13H2,1-5H3. The molecule has 0 saturated carbocycles. The first-order valence-corrected chi connectivity index (χ1v) is 5.38. The van der Waals surface area contributed by atoms with Crippen molar-refractivity contribution in [2.24, 2.45) is 5.92 Å². The second kappa shape index (κ2) is 4.51. The van der Waals surface area contributed by atoms with Crippen LogP contribution in [-0.4, -0.2) is 18.1 Å². The van der Waals surface area contributed by atoms with Gasteiger partial charge in [-0.15, -0.1) is 0 Å². The van der Waals surface area contributed by atoms with Gasteiger partial charge in [0.1, 0.15) is 5.82 Å². The van der Waals surface area contributed by atoms with Crippen molar-refractivity contribution in [3.05, 3.63) is 17.8 Å². The van der Waals surface area contributed by atoms with Crippen LogP contribution in [-0.2, 0) is 0 Å². The normalized spacial score (nSPS) is 12.9. The van der Waals surface area contributed by atoms with Crippen LogP contribution < -0.4 is 10.6 Å². The highest BCUT2D eigenvalue weighted by Crippen LogP contribution is 2.20. The highest BCUT2D eigenvalue weighted by molar-refractivity contribution is 5.52. The van der Waals surface area contributed by atoms with Gasteiger partial charge >= 0.3 is 0 Å². The number of rotatable bonds is 3. The second-order valence-electron chi connectivity index (χ2n) is 4.49. The van der Waals surface area contributed by atoms with Gasteiger partial charge in [-0.1, -0.05) is 13.8 Å². The molecule has 0 spiro atoms. The Kier molecular flexibility index (Phi) is 3.56. The molecule has 0 aliphatic carbocycles. The molecule has 84 valence electrons. The van der Waals surface area contributed by atoms with Crippen LogP contribution in [0, 0.1) is 12.8 Å². The molecule has 3 heteroatoms. The molecule has 0 aliphatic rings. The number of nitrogens with two attached hydrogens (primary N) is 1. The summed E-state index contributed by atoms with van der Waals surface area (Å²) in [4.78, 5) is 6.54. The maximum absolute atomic E-state index is 5.74. The Morgan fingerprint density at radius 2 is 1.93 bits per heavy atom. The zero-order chi connectivity index (χ0) is 11.6. The molecule has 1 aromatic heterocycles. The average molecular weight is 207 g/mol. The van der Waals surface area contributed by atoms with Crippen LogP contribution in [0.4, 0.5) is 11.5 Å². The molecule has 0 aliphatic heterocycles. The van der Waals surface area contributed by atoms with E-state index in [2.05, 4.69) is 37.7 Å². The molecule has 0 saturated heterocycles. The minimum atomic E-state index is 0.473. The van der Waals surface area contributed by atoms with Gasteiger partial charge in [0.2, 0.25) is 0 Å². The van der Waals surface area contributed by atoms with Crippen molar-refractivity contribution in [3.63, 3.8) is 0 Å². The molecule has 1 atom stereocenters. The number of pyridine rings is 1. The molecule has 0 amide bonds. The Bertz CT molecular complexity index is 334. The van der Waals surface area contributed by atoms with E-state index in [1.54, 1.807) is 6.20 Å². The summed E-state index contributed by atoms with van der Waals surface area (Å²) in [5.41, 5.74) is 7.58. The third-order valence-corrected chi connectivity index (χ3v) is 3.07. The van der Waals surface area contributed by atoms with Gasteiger partial charge in [0.05, 0.1) is 11.9 Å². The van der Waals surface area contributed by atoms with Gasteiger partial charge in [0.25, 0.3) is 0 Å². The van der Waals surface area contributed by atoms with Crippen LogP contribution in [0.25, 0.3) is 0 Å². The van der Waals surface area contributed by atoms with Crippen LogP contribution in [0.2, 0.25) is 0 Å². The lowest BCUT2D eigenvalue weighted by Gasteiger charge is -2.29. The van der Waals surface area contributed by atoms with Crippen LogP contribution in [0.5, 0.6) is 0 Å². The monoisotopic (exact) mass is 207 g/mol. The Morgan fingerprint density at radius 3 is 2.40 bits per heavy atom. The van der Waals surface area contributed by atoms with Gasteiger partial charge in [0.15, 0.2) is 0 Å². The SMILES string of the molecule is Cc1cc(N(C)C(C)C(C)C)ncc1N. The average Bonchev–Trinajstić information content (AvgIpc) is 2.19. The van der Waals surface area contributed by atoms with E-state index in [-0.39, 0.29) is 0 Å². The summed E-state index contributed by atoms with van der Waals surface area (Å²) in [6.45, 7) is 8.64. The molecule has 1 rings (SSSR count). The Morgan fingerprint density at radius 1 is 1.33 bits per heavy atom. The molecule has 0 aromatic carbocycles. The fourth-order valence-electron chi connectivity index (χ4n) is 1.40. The molecule has 1 heterocycles. The molecular weight excluding hydrogens is 186 g/mol. The fraction of sp³-hybridized carbons (Fsp3) is 0.583. The maximum atomic E-state index is 5.74. The van der Waals surface area contributed by atoms with E-state index in [0.717, 1.165) is 17.1 Å². The van der Waals surface area contributed by atoms with Crippen LogP contribution in [0.1, 0.15) is 26.3 Å². The lowest BCUT2D eigenvalue weighted by molar-refractivity contribution is 0.503. The van der Waals surface area contributed by atoms with Gasteiger partial charge in [-0.25, -0.2) is 4.98 Å². The molecule has 0 radical (unpaired) electrons. The van der Waals surface area contributed by atoms with E-state index in [1.165, 1.54) is 0 Å². The van der Waals surface area contributed by atoms with Crippen molar-refractivity contribution >= 4 is 11.5 Å². The zero-order valence-electron chi connectivity index (χ0n) is 10.3. The summed E-state index contributed by atoms with van der Waals surface area (Å²) in [5, 5.41) is 0. The molecule has 1 aromatic rings. The minimum absolute atomic E-state index is 0.473. The van der Waals surface area contributed by atoms with Crippen molar-refractivity contribution < 1.29 is 0 Å². The number of aromatic nitrogens is 1. The number of aryl methyl sites for hydroxylation is 1. The third-order valence-electron chi connectivity index (χ3n) is 3.07. The van der Waals surface area contributed by atoms with Gasteiger partial charge in [0, 0.05) is 13.1 Å². The second-order valence-corrected chi connectivity index (χ2v) is 4.49. The van der Waals surface area contributed by atoms with E-state index >= 15 is 0 Å². The van der Waals surface area contributed by atoms with Crippen LogP contribution in [0.15, 0.2) is 12.3 Å². The van der Waals surface area contributed by atoms with Gasteiger partial charge < -0.3 is 10.6 Å². The third kappa shape index (κ3) is 2.61. The van der Waals surface area contributed by atoms with E-state index in [0.29, 0.717) is 12.0 Å². The maximum Gasteiger partial charge on any atom is 0.128 e. The van der Waals surface area contributed by atoms with E-state index in [4.69, 9.17) is 5.73 Å². The Hall–Kier alpha value is -1.25. The summed E-state index contributed by atoms with van der Waals surface area (Å²) in [5.74, 6) is 1.59. The lowest BCUT2D eigenvalue weighted by atomic mass is 10.1. The summed E-state index contributed by atoms with van der Waals surface area (Å²) < 4.78 is 0. The van der Waals surface area contributed by atoms with E-state index in [9.17, 15) is 0 Å². The van der Waals surface area contributed by atoms with E-state index < -0.39 is 0 Å². The predicted octanol–water partition coefficient (Wildman–Crippen LogP) is 2.45.